The highest BCUT2D eigenvalue weighted by Crippen LogP contribution is 2.51. The zero-order chi connectivity index (χ0) is 23.5. The first-order valence-corrected chi connectivity index (χ1v) is 13.8. The molecule has 2 aromatic rings. The van der Waals surface area contributed by atoms with Crippen molar-refractivity contribution in [3.05, 3.63) is 23.1 Å². The summed E-state index contributed by atoms with van der Waals surface area (Å²) in [6.45, 7) is 3.88. The molecule has 0 radical (unpaired) electrons. The Morgan fingerprint density at radius 2 is 2.16 bits per heavy atom. The van der Waals surface area contributed by atoms with Crippen molar-refractivity contribution in [1.29, 1.82) is 0 Å². The number of hydrogen-bond acceptors (Lipinski definition) is 8. The van der Waals surface area contributed by atoms with Crippen LogP contribution in [0.5, 0.6) is 0 Å². The summed E-state index contributed by atoms with van der Waals surface area (Å²) < 4.78 is 26.2. The molecule has 2 aliphatic heterocycles. The number of thioether (sulfide) groups is 1. The SMILES string of the molecule is CSc1c2sc(C3=C(C(=O)[O-])N4C(=O)[C@H]([C@@H](C)O)[C@H]4[C@H]3C)c[n+]2cn1CCCS(N)(=O)=O. The van der Waals surface area contributed by atoms with Gasteiger partial charge in [-0.25, -0.2) is 18.1 Å². The van der Waals surface area contributed by atoms with Gasteiger partial charge in [0.25, 0.3) is 6.33 Å². The number of sulfonamides is 1. The summed E-state index contributed by atoms with van der Waals surface area (Å²) in [6, 6.07) is -0.407. The van der Waals surface area contributed by atoms with Gasteiger partial charge in [-0.1, -0.05) is 30.0 Å². The normalized spacial score (nSPS) is 24.2. The molecule has 0 bridgehead atoms. The fourth-order valence-electron chi connectivity index (χ4n) is 4.74. The third-order valence-electron chi connectivity index (χ3n) is 6.06. The molecular formula is C19H24N4O6S3. The predicted octanol–water partition coefficient (Wildman–Crippen LogP) is -0.993. The average Bonchev–Trinajstić information content (AvgIpc) is 3.27. The van der Waals surface area contributed by atoms with E-state index in [4.69, 9.17) is 5.14 Å². The lowest BCUT2D eigenvalue weighted by Gasteiger charge is -2.47. The van der Waals surface area contributed by atoms with Gasteiger partial charge in [0.2, 0.25) is 25.8 Å². The Balaban J connectivity index is 1.71. The lowest BCUT2D eigenvalue weighted by atomic mass is 9.77. The minimum absolute atomic E-state index is 0.113. The number of nitrogens with zero attached hydrogens (tertiary/aromatic N) is 3. The van der Waals surface area contributed by atoms with Crippen LogP contribution in [0.1, 0.15) is 25.1 Å². The van der Waals surface area contributed by atoms with Crippen molar-refractivity contribution in [2.75, 3.05) is 12.0 Å². The van der Waals surface area contributed by atoms with Crippen molar-refractivity contribution in [2.45, 2.75) is 44.0 Å². The second kappa shape index (κ2) is 8.13. The molecule has 0 spiro atoms. The number of primary sulfonamides is 1. The smallest absolute Gasteiger partial charge is 0.250 e. The number of rotatable bonds is 8. The van der Waals surface area contributed by atoms with Gasteiger partial charge in [0.15, 0.2) is 0 Å². The highest BCUT2D eigenvalue weighted by molar-refractivity contribution is 7.98. The number of fused-ring (bicyclic) bond motifs is 2. The summed E-state index contributed by atoms with van der Waals surface area (Å²) in [5, 5.41) is 28.0. The summed E-state index contributed by atoms with van der Waals surface area (Å²) in [6.07, 6.45) is 5.07. The van der Waals surface area contributed by atoms with Crippen LogP contribution in [0, 0.1) is 11.8 Å². The number of thiazole rings is 1. The van der Waals surface area contributed by atoms with Crippen molar-refractivity contribution < 1.29 is 32.6 Å². The number of aryl methyl sites for hydroxylation is 1. The molecule has 1 saturated heterocycles. The maximum Gasteiger partial charge on any atom is 0.250 e. The van der Waals surface area contributed by atoms with E-state index >= 15 is 0 Å². The van der Waals surface area contributed by atoms with Gasteiger partial charge in [0.05, 0.1) is 46.9 Å². The molecule has 0 aromatic carbocycles. The Kier molecular flexibility index (Phi) is 5.91. The molecule has 13 heteroatoms. The largest absolute Gasteiger partial charge is 0.543 e. The maximum atomic E-state index is 12.5. The van der Waals surface area contributed by atoms with E-state index in [2.05, 4.69) is 0 Å². The first kappa shape index (κ1) is 23.2. The number of aliphatic hydroxyl groups excluding tert-OH is 1. The van der Waals surface area contributed by atoms with Gasteiger partial charge in [-0.3, -0.25) is 4.79 Å². The van der Waals surface area contributed by atoms with E-state index in [0.29, 0.717) is 23.4 Å². The number of β-lactam (4-membered cyclic amide) rings is 1. The van der Waals surface area contributed by atoms with Gasteiger partial charge in [-0.2, -0.15) is 4.40 Å². The summed E-state index contributed by atoms with van der Waals surface area (Å²) in [7, 11) is -3.53. The highest BCUT2D eigenvalue weighted by atomic mass is 32.2. The Morgan fingerprint density at radius 3 is 2.72 bits per heavy atom. The van der Waals surface area contributed by atoms with Crippen molar-refractivity contribution in [2.24, 2.45) is 17.0 Å². The molecule has 2 aliphatic rings. The van der Waals surface area contributed by atoms with Gasteiger partial charge in [0.1, 0.15) is 6.20 Å². The van der Waals surface area contributed by atoms with Crippen molar-refractivity contribution in [1.82, 2.24) is 9.47 Å². The van der Waals surface area contributed by atoms with Crippen LogP contribution in [-0.4, -0.2) is 59.0 Å². The monoisotopic (exact) mass is 500 g/mol. The molecule has 174 valence electrons. The van der Waals surface area contributed by atoms with E-state index in [1.165, 1.54) is 34.9 Å². The first-order valence-electron chi connectivity index (χ1n) is 10.0. The molecule has 4 heterocycles. The first-order chi connectivity index (χ1) is 15.0. The molecule has 0 aliphatic carbocycles. The molecule has 2 aromatic heterocycles. The number of carbonyl (C=O) groups excluding carboxylic acids is 2. The Hall–Kier alpha value is -1.93. The number of nitrogens with two attached hydrogens (primary N) is 1. The minimum Gasteiger partial charge on any atom is -0.543 e. The van der Waals surface area contributed by atoms with Gasteiger partial charge >= 0.3 is 0 Å². The van der Waals surface area contributed by atoms with Gasteiger partial charge < -0.3 is 19.9 Å². The highest BCUT2D eigenvalue weighted by Gasteiger charge is 2.59. The van der Waals surface area contributed by atoms with Crippen molar-refractivity contribution in [3.8, 4) is 0 Å². The lowest BCUT2D eigenvalue weighted by Crippen LogP contribution is -2.64. The van der Waals surface area contributed by atoms with Crippen LogP contribution in [0.25, 0.3) is 10.4 Å². The number of aliphatic hydroxyl groups is 1. The quantitative estimate of drug-likeness (QED) is 0.268. The van der Waals surface area contributed by atoms with Crippen LogP contribution < -0.4 is 14.6 Å². The number of hydrogen-bond donors (Lipinski definition) is 2. The number of carbonyl (C=O) groups is 2. The molecule has 1 fully saturated rings. The Labute approximate surface area is 193 Å². The van der Waals surface area contributed by atoms with Crippen molar-refractivity contribution in [3.63, 3.8) is 0 Å². The third kappa shape index (κ3) is 3.65. The zero-order valence-corrected chi connectivity index (χ0v) is 20.2. The number of carboxylic acids is 1. The Morgan fingerprint density at radius 1 is 1.47 bits per heavy atom. The number of carboxylic acid groups (broad SMARTS) is 1. The average molecular weight is 501 g/mol. The fraction of sp³-hybridized carbons (Fsp3) is 0.526. The molecule has 0 saturated carbocycles. The summed E-state index contributed by atoms with van der Waals surface area (Å²) in [5.74, 6) is -2.83. The molecule has 4 rings (SSSR count). The second-order valence-corrected chi connectivity index (χ2v) is 11.7. The molecule has 4 atom stereocenters. The molecule has 10 nitrogen and oxygen atoms in total. The van der Waals surface area contributed by atoms with E-state index in [1.807, 2.05) is 34.7 Å². The van der Waals surface area contributed by atoms with Gasteiger partial charge in [-0.05, 0) is 13.2 Å². The van der Waals surface area contributed by atoms with Crippen LogP contribution in [0.15, 0.2) is 23.2 Å². The number of aliphatic carboxylic acids is 1. The third-order valence-corrected chi connectivity index (χ3v) is 9.00. The molecule has 0 unspecified atom stereocenters. The summed E-state index contributed by atoms with van der Waals surface area (Å²) >= 11 is 2.90. The molecular weight excluding hydrogens is 476 g/mol. The standard InChI is InChI=1S/C19H24N4O6S3/c1-9-12(15(19(26)27)23-14(9)13(10(2)24)16(23)25)11-7-22-8-21(5-4-6-32(20,28)29)17(30-3)18(22)31-11/h7-10,13-14,24H,4-6H2,1-3H3,(H2-,20,26,27,28,29)/t9-,10+,13+,14+/m0/s1. The van der Waals surface area contributed by atoms with Crippen LogP contribution in [0.4, 0.5) is 0 Å². The van der Waals surface area contributed by atoms with Crippen molar-refractivity contribution >= 4 is 55.4 Å². The van der Waals surface area contributed by atoms with E-state index in [0.717, 1.165) is 9.86 Å². The zero-order valence-electron chi connectivity index (χ0n) is 17.7. The molecule has 1 amide bonds. The molecule has 32 heavy (non-hydrogen) atoms. The second-order valence-electron chi connectivity index (χ2n) is 8.15. The number of aromatic nitrogens is 2. The topological polar surface area (TPSA) is 150 Å². The van der Waals surface area contributed by atoms with E-state index in [9.17, 15) is 28.2 Å². The molecule has 3 N–H and O–H groups in total. The van der Waals surface area contributed by atoms with E-state index in [-0.39, 0.29) is 17.4 Å². The Bertz CT molecular complexity index is 1250. The predicted molar refractivity (Wildman–Crippen MR) is 117 cm³/mol. The maximum absolute atomic E-state index is 12.5. The van der Waals surface area contributed by atoms with Crippen LogP contribution in [-0.2, 0) is 26.2 Å². The summed E-state index contributed by atoms with van der Waals surface area (Å²) in [5.41, 5.74) is 0.411. The number of amides is 1. The lowest BCUT2D eigenvalue weighted by molar-refractivity contribution is -0.508. The van der Waals surface area contributed by atoms with Crippen LogP contribution in [0.2, 0.25) is 0 Å². The van der Waals surface area contributed by atoms with Crippen LogP contribution >= 0.6 is 23.1 Å². The van der Waals surface area contributed by atoms with Crippen LogP contribution in [0.3, 0.4) is 0 Å². The van der Waals surface area contributed by atoms with Gasteiger partial charge in [-0.15, -0.1) is 0 Å². The number of imidazole rings is 1. The van der Waals surface area contributed by atoms with E-state index in [1.54, 1.807) is 0 Å². The minimum atomic E-state index is -3.53. The fourth-order valence-corrected chi connectivity index (χ4v) is 7.48. The van der Waals surface area contributed by atoms with E-state index < -0.39 is 40.0 Å². The van der Waals surface area contributed by atoms with Gasteiger partial charge in [0, 0.05) is 17.9 Å². The summed E-state index contributed by atoms with van der Waals surface area (Å²) in [4.78, 5) is 27.4.